The summed E-state index contributed by atoms with van der Waals surface area (Å²) >= 11 is 2.15. The highest BCUT2D eigenvalue weighted by atomic mass is 127. The molecular weight excluding hydrogens is 598 g/mol. The molecule has 5 rings (SSSR count). The third-order valence-electron chi connectivity index (χ3n) is 6.31. The van der Waals surface area contributed by atoms with Crippen LogP contribution in [0.5, 0.6) is 0 Å². The average molecular weight is 628 g/mol. The molecule has 0 spiro atoms. The summed E-state index contributed by atoms with van der Waals surface area (Å²) in [5.41, 5.74) is 9.14. The molecule has 2 heterocycles. The van der Waals surface area contributed by atoms with Crippen LogP contribution in [0.3, 0.4) is 0 Å². The van der Waals surface area contributed by atoms with Gasteiger partial charge >= 0.3 is 0 Å². The highest BCUT2D eigenvalue weighted by molar-refractivity contribution is 14.1. The Bertz CT molecular complexity index is 1420. The number of hydrogen-bond donors (Lipinski definition) is 3. The van der Waals surface area contributed by atoms with Gasteiger partial charge in [0.1, 0.15) is 11.5 Å². The van der Waals surface area contributed by atoms with Crippen LogP contribution >= 0.6 is 22.6 Å². The molecule has 0 radical (unpaired) electrons. The van der Waals surface area contributed by atoms with Crippen molar-refractivity contribution in [2.45, 2.75) is 31.9 Å². The number of aromatic nitrogens is 1. The molecule has 3 aromatic carbocycles. The predicted molar refractivity (Wildman–Crippen MR) is 158 cm³/mol. The highest BCUT2D eigenvalue weighted by Crippen LogP contribution is 2.27. The lowest BCUT2D eigenvalue weighted by atomic mass is 10.1. The van der Waals surface area contributed by atoms with Crippen molar-refractivity contribution in [1.29, 1.82) is 0 Å². The van der Waals surface area contributed by atoms with Gasteiger partial charge in [0.25, 0.3) is 5.91 Å². The van der Waals surface area contributed by atoms with E-state index < -0.39 is 0 Å². The van der Waals surface area contributed by atoms with Crippen LogP contribution in [0.1, 0.15) is 35.3 Å². The number of nitrogens with two attached hydrogens (primary N) is 1. The highest BCUT2D eigenvalue weighted by Gasteiger charge is 2.20. The average Bonchev–Trinajstić information content (AvgIpc) is 3.55. The molecule has 1 aliphatic rings. The van der Waals surface area contributed by atoms with Gasteiger partial charge in [-0.1, -0.05) is 40.8 Å². The Morgan fingerprint density at radius 3 is 2.47 bits per heavy atom. The van der Waals surface area contributed by atoms with Gasteiger partial charge in [-0.15, -0.1) is 0 Å². The second-order valence-corrected chi connectivity index (χ2v) is 8.94. The number of fused-ring (bicyclic) bond motifs is 1. The molecule has 1 atom stereocenters. The van der Waals surface area contributed by atoms with E-state index in [9.17, 15) is 14.0 Å². The number of anilines is 3. The van der Waals surface area contributed by atoms with Crippen LogP contribution in [-0.2, 0) is 16.1 Å². The number of amides is 2. The van der Waals surface area contributed by atoms with E-state index in [4.69, 9.17) is 10.5 Å². The minimum Gasteiger partial charge on any atom is -0.399 e. The van der Waals surface area contributed by atoms with Crippen molar-refractivity contribution >= 4 is 62.4 Å². The van der Waals surface area contributed by atoms with Crippen LogP contribution in [0.25, 0.3) is 10.9 Å². The van der Waals surface area contributed by atoms with Crippen LogP contribution in [0, 0.1) is 5.82 Å². The first-order valence-electron chi connectivity index (χ1n) is 12.3. The van der Waals surface area contributed by atoms with Crippen LogP contribution in [0.15, 0.2) is 72.8 Å². The molecule has 38 heavy (non-hydrogen) atoms. The third kappa shape index (κ3) is 6.70. The van der Waals surface area contributed by atoms with Gasteiger partial charge in [-0.25, -0.2) is 4.39 Å². The zero-order valence-electron chi connectivity index (χ0n) is 21.0. The summed E-state index contributed by atoms with van der Waals surface area (Å²) in [6, 6.07) is 20.5. The van der Waals surface area contributed by atoms with Crippen LogP contribution in [0.2, 0.25) is 0 Å². The first-order chi connectivity index (χ1) is 18.5. The van der Waals surface area contributed by atoms with E-state index in [0.717, 1.165) is 23.7 Å². The van der Waals surface area contributed by atoms with Crippen LogP contribution in [0.4, 0.5) is 21.5 Å². The Morgan fingerprint density at radius 1 is 1.03 bits per heavy atom. The van der Waals surface area contributed by atoms with Gasteiger partial charge < -0.3 is 25.7 Å². The van der Waals surface area contributed by atoms with E-state index in [1.54, 1.807) is 59.2 Å². The van der Waals surface area contributed by atoms with Gasteiger partial charge in [-0.2, -0.15) is 0 Å². The van der Waals surface area contributed by atoms with Gasteiger partial charge in [0.05, 0.1) is 19.1 Å². The smallest absolute Gasteiger partial charge is 0.272 e. The molecule has 7 nitrogen and oxygen atoms in total. The summed E-state index contributed by atoms with van der Waals surface area (Å²) in [7, 11) is 0. The second-order valence-electron chi connectivity index (χ2n) is 8.94. The van der Waals surface area contributed by atoms with Gasteiger partial charge in [0, 0.05) is 40.1 Å². The lowest BCUT2D eigenvalue weighted by Gasteiger charge is -2.13. The molecule has 1 aliphatic heterocycles. The predicted octanol–water partition coefficient (Wildman–Crippen LogP) is 6.22. The van der Waals surface area contributed by atoms with E-state index >= 15 is 0 Å². The molecule has 2 amide bonds. The maximum Gasteiger partial charge on any atom is 0.272 e. The van der Waals surface area contributed by atoms with Gasteiger partial charge in [0.15, 0.2) is 0 Å². The number of nitrogen functional groups attached to an aromatic ring is 1. The number of hydrogen-bond acceptors (Lipinski definition) is 4. The fraction of sp³-hybridized carbons (Fsp3) is 0.241. The maximum absolute atomic E-state index is 14.5. The number of halogens is 2. The van der Waals surface area contributed by atoms with E-state index in [-0.39, 0.29) is 30.3 Å². The number of alkyl halides is 1. The first-order valence-corrected chi connectivity index (χ1v) is 14.4. The van der Waals surface area contributed by atoms with Crippen molar-refractivity contribution < 1.29 is 18.7 Å². The minimum absolute atomic E-state index is 0.0424. The summed E-state index contributed by atoms with van der Waals surface area (Å²) in [5.74, 6) is -0.799. The summed E-state index contributed by atoms with van der Waals surface area (Å²) in [5, 5.41) is 6.56. The lowest BCUT2D eigenvalue weighted by Crippen LogP contribution is -2.19. The zero-order chi connectivity index (χ0) is 27.1. The fourth-order valence-electron chi connectivity index (χ4n) is 4.49. The summed E-state index contributed by atoms with van der Waals surface area (Å²) in [4.78, 5) is 27.7. The number of ether oxygens (including phenoxy) is 1. The molecule has 1 saturated heterocycles. The van der Waals surface area contributed by atoms with Crippen molar-refractivity contribution in [3.05, 3.63) is 89.9 Å². The molecule has 1 fully saturated rings. The van der Waals surface area contributed by atoms with Crippen LogP contribution < -0.4 is 16.4 Å². The number of nitrogens with zero attached hydrogens (tertiary/aromatic N) is 1. The van der Waals surface area contributed by atoms with Crippen LogP contribution in [-0.4, -0.2) is 34.0 Å². The summed E-state index contributed by atoms with van der Waals surface area (Å²) in [6.07, 6.45) is 2.12. The number of benzene rings is 3. The Hall–Kier alpha value is -3.44. The SMILES string of the molecule is CI.Nc1ccc(NC(=O)c2cc3cc(NC(=O)CC4CCCO4)ccc3n2Cc2ccccc2F)cc1. The molecule has 1 aromatic heterocycles. The number of nitrogens with one attached hydrogen (secondary N) is 2. The number of carbonyl (C=O) groups excluding carboxylic acids is 2. The molecule has 1 unspecified atom stereocenters. The van der Waals surface area contributed by atoms with Gasteiger partial charge in [0.2, 0.25) is 5.91 Å². The summed E-state index contributed by atoms with van der Waals surface area (Å²) in [6.45, 7) is 0.867. The van der Waals surface area contributed by atoms with Gasteiger partial charge in [-0.05, 0) is 72.4 Å². The zero-order valence-corrected chi connectivity index (χ0v) is 23.2. The Balaban J connectivity index is 0.00000164. The van der Waals surface area contributed by atoms with E-state index in [0.29, 0.717) is 41.3 Å². The van der Waals surface area contributed by atoms with E-state index in [2.05, 4.69) is 33.2 Å². The molecule has 198 valence electrons. The quantitative estimate of drug-likeness (QED) is 0.129. The van der Waals surface area contributed by atoms with Crippen molar-refractivity contribution in [1.82, 2.24) is 4.57 Å². The minimum atomic E-state index is -0.345. The third-order valence-corrected chi connectivity index (χ3v) is 6.31. The molecule has 0 saturated carbocycles. The standard InChI is InChI=1S/C28H27FN4O3.CH3I/c29-24-6-2-1-4-18(24)17-33-25-12-11-22(31-27(34)16-23-5-3-13-36-23)14-19(25)15-26(33)28(35)32-21-9-7-20(30)8-10-21;1-2/h1-2,4,6-12,14-15,23H,3,5,13,16-17,30H2,(H,31,34)(H,32,35);1H3. The largest absolute Gasteiger partial charge is 0.399 e. The number of rotatable bonds is 7. The topological polar surface area (TPSA) is 98.4 Å². The van der Waals surface area contributed by atoms with E-state index in [1.165, 1.54) is 6.07 Å². The van der Waals surface area contributed by atoms with E-state index in [1.807, 2.05) is 17.1 Å². The molecular formula is C29H30FIN4O3. The van der Waals surface area contributed by atoms with Crippen molar-refractivity contribution in [3.8, 4) is 0 Å². The fourth-order valence-corrected chi connectivity index (χ4v) is 4.49. The Morgan fingerprint density at radius 2 is 1.76 bits per heavy atom. The molecule has 0 aliphatic carbocycles. The monoisotopic (exact) mass is 628 g/mol. The Kier molecular flexibility index (Phi) is 9.35. The van der Waals surface area contributed by atoms with Crippen molar-refractivity contribution in [2.24, 2.45) is 0 Å². The molecule has 4 N–H and O–H groups in total. The lowest BCUT2D eigenvalue weighted by molar-refractivity contribution is -0.118. The molecule has 9 heteroatoms. The summed E-state index contributed by atoms with van der Waals surface area (Å²) < 4.78 is 21.8. The maximum atomic E-state index is 14.5. The molecule has 0 bridgehead atoms. The number of carbonyl (C=O) groups is 2. The normalized spacial score (nSPS) is 14.6. The first kappa shape index (κ1) is 27.6. The second kappa shape index (κ2) is 12.9. The molecule has 4 aromatic rings. The Labute approximate surface area is 234 Å². The van der Waals surface area contributed by atoms with Gasteiger partial charge in [-0.3, -0.25) is 9.59 Å². The van der Waals surface area contributed by atoms with Crippen molar-refractivity contribution in [3.63, 3.8) is 0 Å². The van der Waals surface area contributed by atoms with Crippen molar-refractivity contribution in [2.75, 3.05) is 27.9 Å².